The SMILES string of the molecule is Cc1ccc([N+](=O)[O-])c(Oc2nc(Br)cs2)c1. The van der Waals surface area contributed by atoms with Crippen molar-refractivity contribution in [3.05, 3.63) is 43.9 Å². The second kappa shape index (κ2) is 4.80. The fourth-order valence-electron chi connectivity index (χ4n) is 1.23. The third-order valence-electron chi connectivity index (χ3n) is 1.96. The van der Waals surface area contributed by atoms with Gasteiger partial charge < -0.3 is 4.74 Å². The molecule has 1 heterocycles. The topological polar surface area (TPSA) is 65.3 Å². The van der Waals surface area contributed by atoms with Gasteiger partial charge in [0.15, 0.2) is 0 Å². The summed E-state index contributed by atoms with van der Waals surface area (Å²) in [5.74, 6) is 0.205. The first-order valence-electron chi connectivity index (χ1n) is 4.60. The molecule has 0 spiro atoms. The van der Waals surface area contributed by atoms with E-state index in [2.05, 4.69) is 20.9 Å². The fourth-order valence-corrected chi connectivity index (χ4v) is 2.33. The maximum Gasteiger partial charge on any atom is 0.311 e. The molecule has 1 aromatic carbocycles. The van der Waals surface area contributed by atoms with Crippen LogP contribution in [-0.2, 0) is 0 Å². The van der Waals surface area contributed by atoms with Crippen LogP contribution in [0.3, 0.4) is 0 Å². The molecule has 0 fully saturated rings. The van der Waals surface area contributed by atoms with Crippen LogP contribution in [0.4, 0.5) is 5.69 Å². The molecule has 2 rings (SSSR count). The highest BCUT2D eigenvalue weighted by molar-refractivity contribution is 9.10. The summed E-state index contributed by atoms with van der Waals surface area (Å²) in [5.41, 5.74) is 0.822. The van der Waals surface area contributed by atoms with E-state index < -0.39 is 4.92 Å². The Morgan fingerprint density at radius 2 is 2.29 bits per heavy atom. The number of ether oxygens (including phenoxy) is 1. The number of nitro groups is 1. The van der Waals surface area contributed by atoms with Crippen molar-refractivity contribution in [3.63, 3.8) is 0 Å². The first kappa shape index (κ1) is 12.0. The number of aromatic nitrogens is 1. The lowest BCUT2D eigenvalue weighted by Gasteiger charge is -2.03. The van der Waals surface area contributed by atoms with E-state index in [9.17, 15) is 10.1 Å². The number of nitrogens with zero attached hydrogens (tertiary/aromatic N) is 2. The van der Waals surface area contributed by atoms with Gasteiger partial charge in [-0.15, -0.1) is 0 Å². The van der Waals surface area contributed by atoms with Gasteiger partial charge in [0, 0.05) is 11.4 Å². The highest BCUT2D eigenvalue weighted by Crippen LogP contribution is 2.34. The minimum absolute atomic E-state index is 0.0677. The Hall–Kier alpha value is -1.47. The molecule has 0 radical (unpaired) electrons. The highest BCUT2D eigenvalue weighted by atomic mass is 79.9. The molecular formula is C10H7BrN2O3S. The maximum absolute atomic E-state index is 10.8. The van der Waals surface area contributed by atoms with Crippen LogP contribution in [-0.4, -0.2) is 9.91 Å². The average molecular weight is 315 g/mol. The molecule has 0 saturated heterocycles. The van der Waals surface area contributed by atoms with E-state index in [1.165, 1.54) is 17.4 Å². The van der Waals surface area contributed by atoms with Gasteiger partial charge in [0.1, 0.15) is 4.60 Å². The van der Waals surface area contributed by atoms with Crippen LogP contribution in [0.15, 0.2) is 28.2 Å². The third kappa shape index (κ3) is 2.80. The Kier molecular flexibility index (Phi) is 3.39. The van der Waals surface area contributed by atoms with Crippen molar-refractivity contribution >= 4 is 33.0 Å². The van der Waals surface area contributed by atoms with Crippen molar-refractivity contribution in [3.8, 4) is 10.9 Å². The van der Waals surface area contributed by atoms with Crippen LogP contribution < -0.4 is 4.74 Å². The van der Waals surface area contributed by atoms with Crippen LogP contribution in [0.25, 0.3) is 0 Å². The number of halogens is 1. The van der Waals surface area contributed by atoms with Crippen LogP contribution >= 0.6 is 27.3 Å². The van der Waals surface area contributed by atoms with Crippen LogP contribution in [0.2, 0.25) is 0 Å². The molecule has 2 aromatic rings. The van der Waals surface area contributed by atoms with Gasteiger partial charge >= 0.3 is 5.69 Å². The molecule has 0 bridgehead atoms. The molecule has 17 heavy (non-hydrogen) atoms. The van der Waals surface area contributed by atoms with Crippen molar-refractivity contribution in [1.82, 2.24) is 4.98 Å². The van der Waals surface area contributed by atoms with E-state index >= 15 is 0 Å². The predicted molar refractivity (Wildman–Crippen MR) is 67.7 cm³/mol. The normalized spacial score (nSPS) is 10.2. The largest absolute Gasteiger partial charge is 0.423 e. The highest BCUT2D eigenvalue weighted by Gasteiger charge is 2.16. The van der Waals surface area contributed by atoms with Gasteiger partial charge in [0.05, 0.1) is 4.92 Å². The summed E-state index contributed by atoms with van der Waals surface area (Å²) >= 11 is 4.46. The Bertz CT molecular complexity index is 570. The summed E-state index contributed by atoms with van der Waals surface area (Å²) in [6, 6.07) is 4.71. The van der Waals surface area contributed by atoms with Crippen LogP contribution in [0, 0.1) is 17.0 Å². The van der Waals surface area contributed by atoms with Crippen molar-refractivity contribution in [1.29, 1.82) is 0 Å². The molecule has 0 amide bonds. The number of hydrogen-bond donors (Lipinski definition) is 0. The summed E-state index contributed by atoms with van der Waals surface area (Å²) in [6.07, 6.45) is 0. The summed E-state index contributed by atoms with van der Waals surface area (Å²) < 4.78 is 6.05. The molecule has 88 valence electrons. The van der Waals surface area contributed by atoms with Crippen molar-refractivity contribution in [2.24, 2.45) is 0 Å². The first-order valence-corrected chi connectivity index (χ1v) is 6.27. The second-order valence-corrected chi connectivity index (χ2v) is 4.90. The Morgan fingerprint density at radius 1 is 1.53 bits per heavy atom. The number of benzene rings is 1. The monoisotopic (exact) mass is 314 g/mol. The summed E-state index contributed by atoms with van der Waals surface area (Å²) in [4.78, 5) is 14.4. The van der Waals surface area contributed by atoms with Crippen molar-refractivity contribution in [2.45, 2.75) is 6.92 Å². The van der Waals surface area contributed by atoms with Crippen molar-refractivity contribution < 1.29 is 9.66 Å². The maximum atomic E-state index is 10.8. The quantitative estimate of drug-likeness (QED) is 0.636. The predicted octanol–water partition coefficient (Wildman–Crippen LogP) is 3.91. The minimum atomic E-state index is -0.475. The van der Waals surface area contributed by atoms with Gasteiger partial charge in [-0.25, -0.2) is 0 Å². The van der Waals surface area contributed by atoms with E-state index in [1.54, 1.807) is 17.5 Å². The molecule has 1 aromatic heterocycles. The number of nitro benzene ring substituents is 1. The molecule has 7 heteroatoms. The van der Waals surface area contributed by atoms with E-state index in [-0.39, 0.29) is 11.4 Å². The molecule has 0 aliphatic heterocycles. The Labute approximate surface area is 109 Å². The van der Waals surface area contributed by atoms with Crippen LogP contribution in [0.1, 0.15) is 5.56 Å². The van der Waals surface area contributed by atoms with Gasteiger partial charge in [-0.3, -0.25) is 10.1 Å². The lowest BCUT2D eigenvalue weighted by atomic mass is 10.2. The molecule has 0 saturated carbocycles. The molecule has 0 aliphatic carbocycles. The van der Waals surface area contributed by atoms with Gasteiger partial charge in [-0.1, -0.05) is 17.4 Å². The zero-order chi connectivity index (χ0) is 12.4. The molecule has 0 aliphatic rings. The van der Waals surface area contributed by atoms with Crippen LogP contribution in [0.5, 0.6) is 10.9 Å². The molecule has 0 unspecified atom stereocenters. The molecular weight excluding hydrogens is 308 g/mol. The van der Waals surface area contributed by atoms with Crippen molar-refractivity contribution in [2.75, 3.05) is 0 Å². The molecule has 0 N–H and O–H groups in total. The average Bonchev–Trinajstić information content (AvgIpc) is 2.63. The summed E-state index contributed by atoms with van der Waals surface area (Å²) in [5, 5.41) is 12.9. The van der Waals surface area contributed by atoms with Gasteiger partial charge in [0.25, 0.3) is 5.19 Å². The Morgan fingerprint density at radius 3 is 2.88 bits per heavy atom. The number of hydrogen-bond acceptors (Lipinski definition) is 5. The van der Waals surface area contributed by atoms with Gasteiger partial charge in [-0.05, 0) is 34.5 Å². The molecule has 5 nitrogen and oxygen atoms in total. The number of thiazole rings is 1. The smallest absolute Gasteiger partial charge is 0.311 e. The first-order chi connectivity index (χ1) is 8.06. The lowest BCUT2D eigenvalue weighted by molar-refractivity contribution is -0.385. The van der Waals surface area contributed by atoms with Gasteiger partial charge in [-0.2, -0.15) is 4.98 Å². The second-order valence-electron chi connectivity index (χ2n) is 3.27. The summed E-state index contributed by atoms with van der Waals surface area (Å²) in [7, 11) is 0. The fraction of sp³-hybridized carbons (Fsp3) is 0.100. The zero-order valence-electron chi connectivity index (χ0n) is 8.71. The van der Waals surface area contributed by atoms with E-state index in [4.69, 9.17) is 4.74 Å². The Balaban J connectivity index is 2.37. The minimum Gasteiger partial charge on any atom is -0.423 e. The standard InChI is InChI=1S/C10H7BrN2O3S/c1-6-2-3-7(13(14)15)8(4-6)16-10-12-9(11)5-17-10/h2-5H,1H3. The summed E-state index contributed by atoms with van der Waals surface area (Å²) in [6.45, 7) is 1.84. The van der Waals surface area contributed by atoms with E-state index in [0.29, 0.717) is 9.80 Å². The van der Waals surface area contributed by atoms with E-state index in [1.807, 2.05) is 6.92 Å². The number of aryl methyl sites for hydroxylation is 1. The third-order valence-corrected chi connectivity index (χ3v) is 3.39. The number of rotatable bonds is 3. The van der Waals surface area contributed by atoms with Gasteiger partial charge in [0.2, 0.25) is 5.75 Å². The molecule has 0 atom stereocenters. The van der Waals surface area contributed by atoms with E-state index in [0.717, 1.165) is 5.56 Å². The lowest BCUT2D eigenvalue weighted by Crippen LogP contribution is -1.93. The zero-order valence-corrected chi connectivity index (χ0v) is 11.1.